The predicted molar refractivity (Wildman–Crippen MR) is 83.6 cm³/mol. The number of aromatic carboxylic acids is 1. The van der Waals surface area contributed by atoms with Crippen molar-refractivity contribution in [1.29, 1.82) is 0 Å². The van der Waals surface area contributed by atoms with E-state index >= 15 is 0 Å². The molecule has 0 aliphatic carbocycles. The van der Waals surface area contributed by atoms with Crippen molar-refractivity contribution in [3.63, 3.8) is 0 Å². The van der Waals surface area contributed by atoms with Crippen LogP contribution in [-0.2, 0) is 0 Å². The monoisotopic (exact) mass is 311 g/mol. The molecule has 1 N–H and O–H groups in total. The number of hydrogen-bond acceptors (Lipinski definition) is 2. The van der Waals surface area contributed by atoms with Gasteiger partial charge in [-0.3, -0.25) is 4.79 Å². The van der Waals surface area contributed by atoms with Crippen molar-refractivity contribution in [2.24, 2.45) is 0 Å². The molecule has 0 aliphatic heterocycles. The molecular formula is C15H22FNO3Si. The van der Waals surface area contributed by atoms with E-state index < -0.39 is 25.8 Å². The molecule has 0 aromatic heterocycles. The van der Waals surface area contributed by atoms with E-state index in [4.69, 9.17) is 0 Å². The van der Waals surface area contributed by atoms with E-state index in [2.05, 4.69) is 0 Å². The van der Waals surface area contributed by atoms with E-state index in [1.54, 1.807) is 0 Å². The van der Waals surface area contributed by atoms with E-state index in [-0.39, 0.29) is 11.1 Å². The average Bonchev–Trinajstić information content (AvgIpc) is 2.37. The van der Waals surface area contributed by atoms with Crippen LogP contribution in [-0.4, -0.2) is 43.0 Å². The van der Waals surface area contributed by atoms with E-state index in [0.717, 1.165) is 6.07 Å². The molecule has 0 heterocycles. The number of carbonyl (C=O) groups excluding carboxylic acids is 1. The zero-order valence-electron chi connectivity index (χ0n) is 13.2. The number of carbonyl (C=O) groups is 2. The molecule has 4 nitrogen and oxygen atoms in total. The molecule has 0 fully saturated rings. The summed E-state index contributed by atoms with van der Waals surface area (Å²) in [5.41, 5.74) is -0.101. The summed E-state index contributed by atoms with van der Waals surface area (Å²) in [6.45, 7) is 10.2. The summed E-state index contributed by atoms with van der Waals surface area (Å²) in [6.07, 6.45) is 0. The maximum absolute atomic E-state index is 14.3. The fraction of sp³-hybridized carbons (Fsp3) is 0.467. The molecule has 0 saturated carbocycles. The van der Waals surface area contributed by atoms with Crippen LogP contribution in [0.4, 0.5) is 4.39 Å². The van der Waals surface area contributed by atoms with E-state index in [1.165, 1.54) is 11.0 Å². The number of benzene rings is 1. The van der Waals surface area contributed by atoms with Gasteiger partial charge in [0.05, 0.1) is 19.2 Å². The van der Waals surface area contributed by atoms with Gasteiger partial charge in [0.1, 0.15) is 5.82 Å². The van der Waals surface area contributed by atoms with Crippen LogP contribution in [0.1, 0.15) is 34.6 Å². The third-order valence-electron chi connectivity index (χ3n) is 3.40. The van der Waals surface area contributed by atoms with Gasteiger partial charge in [-0.1, -0.05) is 19.6 Å². The van der Waals surface area contributed by atoms with Crippen LogP contribution in [0.15, 0.2) is 12.1 Å². The largest absolute Gasteiger partial charge is 0.478 e. The molecule has 0 saturated heterocycles. The van der Waals surface area contributed by atoms with Crippen LogP contribution in [0.25, 0.3) is 0 Å². The lowest BCUT2D eigenvalue weighted by molar-refractivity contribution is 0.0678. The fourth-order valence-electron chi connectivity index (χ4n) is 2.38. The highest BCUT2D eigenvalue weighted by atomic mass is 28.3. The van der Waals surface area contributed by atoms with Crippen molar-refractivity contribution in [2.45, 2.75) is 33.5 Å². The summed E-state index contributed by atoms with van der Waals surface area (Å²) in [6, 6.07) is 2.33. The average molecular weight is 311 g/mol. The molecule has 0 aliphatic rings. The third kappa shape index (κ3) is 3.50. The number of carboxylic acid groups (broad SMARTS) is 1. The summed E-state index contributed by atoms with van der Waals surface area (Å²) in [7, 11) is -2.22. The Balaban J connectivity index is 3.69. The summed E-state index contributed by atoms with van der Waals surface area (Å²) >= 11 is 0. The quantitative estimate of drug-likeness (QED) is 0.850. The van der Waals surface area contributed by atoms with E-state index in [9.17, 15) is 19.1 Å². The van der Waals surface area contributed by atoms with Crippen LogP contribution in [0.5, 0.6) is 0 Å². The first-order valence-corrected chi connectivity index (χ1v) is 10.5. The molecule has 0 radical (unpaired) electrons. The van der Waals surface area contributed by atoms with Crippen molar-refractivity contribution < 1.29 is 19.1 Å². The number of hydrogen-bond donors (Lipinski definition) is 1. The van der Waals surface area contributed by atoms with Crippen LogP contribution in [0, 0.1) is 5.82 Å². The van der Waals surface area contributed by atoms with Gasteiger partial charge < -0.3 is 10.0 Å². The molecule has 6 heteroatoms. The maximum Gasteiger partial charge on any atom is 0.336 e. The zero-order valence-corrected chi connectivity index (χ0v) is 14.2. The minimum Gasteiger partial charge on any atom is -0.478 e. The van der Waals surface area contributed by atoms with Crippen molar-refractivity contribution in [2.75, 3.05) is 13.1 Å². The smallest absolute Gasteiger partial charge is 0.336 e. The number of amides is 1. The second kappa shape index (κ2) is 6.38. The van der Waals surface area contributed by atoms with Crippen molar-refractivity contribution in [3.05, 3.63) is 29.1 Å². The maximum atomic E-state index is 14.3. The predicted octanol–water partition coefficient (Wildman–Crippen LogP) is 2.55. The van der Waals surface area contributed by atoms with Crippen molar-refractivity contribution in [3.8, 4) is 0 Å². The molecule has 1 amide bonds. The Morgan fingerprint density at radius 1 is 1.19 bits per heavy atom. The second-order valence-electron chi connectivity index (χ2n) is 5.88. The minimum absolute atomic E-state index is 0.0189. The van der Waals surface area contributed by atoms with Gasteiger partial charge in [0.2, 0.25) is 0 Å². The van der Waals surface area contributed by atoms with Crippen LogP contribution in [0.3, 0.4) is 0 Å². The zero-order chi connectivity index (χ0) is 16.4. The molecule has 0 unspecified atom stereocenters. The van der Waals surface area contributed by atoms with Gasteiger partial charge in [0.25, 0.3) is 5.91 Å². The molecule has 0 spiro atoms. The minimum atomic E-state index is -2.22. The van der Waals surface area contributed by atoms with Gasteiger partial charge in [-0.15, -0.1) is 0 Å². The SMILES string of the molecule is CCN(CC)C(=O)c1c(C(=O)O)ccc(F)c1[Si](C)(C)C. The third-order valence-corrected chi connectivity index (χ3v) is 5.39. The van der Waals surface area contributed by atoms with Crippen molar-refractivity contribution >= 4 is 25.1 Å². The first-order valence-electron chi connectivity index (χ1n) is 7.00. The van der Waals surface area contributed by atoms with E-state index in [0.29, 0.717) is 18.3 Å². The molecule has 0 bridgehead atoms. The Morgan fingerprint density at radius 3 is 2.10 bits per heavy atom. The summed E-state index contributed by atoms with van der Waals surface area (Å²) in [5, 5.41) is 9.64. The molecule has 0 atom stereocenters. The first-order chi connectivity index (χ1) is 9.65. The highest BCUT2D eigenvalue weighted by Gasteiger charge is 2.32. The number of rotatable bonds is 5. The van der Waals surface area contributed by atoms with Gasteiger partial charge in [-0.2, -0.15) is 0 Å². The van der Waals surface area contributed by atoms with E-state index in [1.807, 2.05) is 33.5 Å². The highest BCUT2D eigenvalue weighted by Crippen LogP contribution is 2.18. The molecular weight excluding hydrogens is 289 g/mol. The molecule has 1 aromatic rings. The lowest BCUT2D eigenvalue weighted by atomic mass is 10.1. The Hall–Kier alpha value is -1.69. The highest BCUT2D eigenvalue weighted by molar-refractivity contribution is 6.89. The summed E-state index contributed by atoms with van der Waals surface area (Å²) in [5.74, 6) is -2.10. The number of halogens is 1. The Morgan fingerprint density at radius 2 is 1.71 bits per heavy atom. The standard InChI is InChI=1S/C15H22FNO3Si/c1-6-17(7-2)14(18)12-10(15(19)20)8-9-11(16)13(12)21(3,4)5/h8-9H,6-7H2,1-5H3,(H,19,20). The summed E-state index contributed by atoms with van der Waals surface area (Å²) in [4.78, 5) is 25.6. The Labute approximate surface area is 125 Å². The van der Waals surface area contributed by atoms with Gasteiger partial charge in [0, 0.05) is 13.1 Å². The fourth-order valence-corrected chi connectivity index (χ4v) is 4.17. The van der Waals surface area contributed by atoms with Gasteiger partial charge in [0.15, 0.2) is 0 Å². The molecule has 116 valence electrons. The van der Waals surface area contributed by atoms with Crippen LogP contribution >= 0.6 is 0 Å². The molecule has 1 rings (SSSR count). The van der Waals surface area contributed by atoms with Gasteiger partial charge in [-0.25, -0.2) is 9.18 Å². The first kappa shape index (κ1) is 17.4. The lowest BCUT2D eigenvalue weighted by Crippen LogP contribution is -2.47. The normalized spacial score (nSPS) is 11.3. The number of carboxylic acids is 1. The van der Waals surface area contributed by atoms with Crippen LogP contribution < -0.4 is 5.19 Å². The van der Waals surface area contributed by atoms with Gasteiger partial charge in [-0.05, 0) is 31.2 Å². The number of nitrogens with zero attached hydrogens (tertiary/aromatic N) is 1. The topological polar surface area (TPSA) is 57.6 Å². The second-order valence-corrected chi connectivity index (χ2v) is 10.9. The Bertz CT molecular complexity index is 563. The molecule has 21 heavy (non-hydrogen) atoms. The molecule has 1 aromatic carbocycles. The van der Waals surface area contributed by atoms with Gasteiger partial charge >= 0.3 is 5.97 Å². The lowest BCUT2D eigenvalue weighted by Gasteiger charge is -2.26. The Kier molecular flexibility index (Phi) is 5.28. The van der Waals surface area contributed by atoms with Crippen molar-refractivity contribution in [1.82, 2.24) is 4.90 Å². The summed E-state index contributed by atoms with van der Waals surface area (Å²) < 4.78 is 14.3. The van der Waals surface area contributed by atoms with Crippen LogP contribution in [0.2, 0.25) is 19.6 Å².